The van der Waals surface area contributed by atoms with Crippen molar-refractivity contribution in [1.29, 1.82) is 0 Å². The molecule has 3 heterocycles. The number of halogens is 3. The minimum Gasteiger partial charge on any atom is -0.442 e. The van der Waals surface area contributed by atoms with Crippen molar-refractivity contribution in [2.45, 2.75) is 19.1 Å². The van der Waals surface area contributed by atoms with Gasteiger partial charge in [-0.05, 0) is 23.8 Å². The Hall–Kier alpha value is -3.10. The first kappa shape index (κ1) is 17.3. The topological polar surface area (TPSA) is 60.3 Å². The van der Waals surface area contributed by atoms with Crippen LogP contribution in [0.1, 0.15) is 12.0 Å². The molecular formula is C18H15F3N4O2. The number of pyridine rings is 1. The Kier molecular flexibility index (Phi) is 4.21. The second kappa shape index (κ2) is 6.57. The van der Waals surface area contributed by atoms with Crippen LogP contribution < -0.4 is 0 Å². The zero-order chi connectivity index (χ0) is 19.1. The van der Waals surface area contributed by atoms with Gasteiger partial charge < -0.3 is 9.64 Å². The molecule has 9 heteroatoms. The predicted molar refractivity (Wildman–Crippen MR) is 90.8 cm³/mol. The van der Waals surface area contributed by atoms with E-state index in [0.717, 1.165) is 12.1 Å². The maximum absolute atomic E-state index is 13.5. The lowest BCUT2D eigenvalue weighted by Crippen LogP contribution is -2.22. The van der Waals surface area contributed by atoms with E-state index in [0.29, 0.717) is 35.2 Å². The highest BCUT2D eigenvalue weighted by molar-refractivity contribution is 5.80. The molecule has 0 aliphatic carbocycles. The lowest BCUT2D eigenvalue weighted by atomic mass is 10.0. The Balaban J connectivity index is 1.68. The molecule has 3 aromatic rings. The maximum Gasteiger partial charge on any atom is 0.410 e. The summed E-state index contributed by atoms with van der Waals surface area (Å²) in [6.45, 7) is 0.791. The molecule has 0 bridgehead atoms. The van der Waals surface area contributed by atoms with Gasteiger partial charge in [0.15, 0.2) is 0 Å². The molecule has 0 spiro atoms. The Morgan fingerprint density at radius 2 is 2.07 bits per heavy atom. The standard InChI is InChI=1S/C18H15F3N4O2/c1-24-8-12(27-18(24)26)9-25-16-5-11(6-22-15(16)7-23-25)10-2-3-14(19)13(4-10)17(20)21/h2-7,12,17H,8-9H2,1H3/t12-/m1/s1. The Bertz CT molecular complexity index is 1020. The highest BCUT2D eigenvalue weighted by Gasteiger charge is 2.29. The third-order valence-corrected chi connectivity index (χ3v) is 4.49. The van der Waals surface area contributed by atoms with E-state index in [9.17, 15) is 18.0 Å². The molecule has 4 rings (SSSR count). The number of carbonyl (C=O) groups excluding carboxylic acids is 1. The SMILES string of the molecule is CN1C[C@H](Cn2ncc3ncc(-c4ccc(F)c(C(F)F)c4)cc32)OC1=O. The summed E-state index contributed by atoms with van der Waals surface area (Å²) in [6.07, 6.45) is -0.525. The largest absolute Gasteiger partial charge is 0.442 e. The zero-order valence-corrected chi connectivity index (χ0v) is 14.3. The number of hydrogen-bond acceptors (Lipinski definition) is 4. The minimum absolute atomic E-state index is 0.342. The van der Waals surface area contributed by atoms with Crippen molar-refractivity contribution in [3.8, 4) is 11.1 Å². The first-order valence-corrected chi connectivity index (χ1v) is 8.23. The van der Waals surface area contributed by atoms with E-state index >= 15 is 0 Å². The molecule has 0 N–H and O–H groups in total. The predicted octanol–water partition coefficient (Wildman–Crippen LogP) is 3.63. The van der Waals surface area contributed by atoms with Gasteiger partial charge in [0.1, 0.15) is 17.4 Å². The average Bonchev–Trinajstić information content (AvgIpc) is 3.18. The number of alkyl halides is 2. The smallest absolute Gasteiger partial charge is 0.410 e. The lowest BCUT2D eigenvalue weighted by molar-refractivity contribution is 0.125. The number of likely N-dealkylation sites (N-methyl/N-ethyl adjacent to an activating group) is 1. The molecule has 1 amide bonds. The average molecular weight is 376 g/mol. The summed E-state index contributed by atoms with van der Waals surface area (Å²) in [5.74, 6) is -0.944. The zero-order valence-electron chi connectivity index (χ0n) is 14.3. The van der Waals surface area contributed by atoms with E-state index in [1.54, 1.807) is 24.0 Å². The summed E-state index contributed by atoms with van der Waals surface area (Å²) < 4.78 is 46.4. The van der Waals surface area contributed by atoms with Crippen LogP contribution in [0.5, 0.6) is 0 Å². The van der Waals surface area contributed by atoms with Gasteiger partial charge in [0.05, 0.1) is 30.4 Å². The monoisotopic (exact) mass is 376 g/mol. The van der Waals surface area contributed by atoms with Crippen molar-refractivity contribution in [3.63, 3.8) is 0 Å². The van der Waals surface area contributed by atoms with Crippen molar-refractivity contribution in [2.24, 2.45) is 0 Å². The van der Waals surface area contributed by atoms with Gasteiger partial charge in [0.25, 0.3) is 6.43 Å². The number of ether oxygens (including phenoxy) is 1. The summed E-state index contributed by atoms with van der Waals surface area (Å²) in [7, 11) is 1.65. The number of rotatable bonds is 4. The van der Waals surface area contributed by atoms with Gasteiger partial charge in [-0.1, -0.05) is 6.07 Å². The molecule has 1 aliphatic heterocycles. The van der Waals surface area contributed by atoms with Crippen LogP contribution in [-0.2, 0) is 11.3 Å². The van der Waals surface area contributed by atoms with Crippen LogP contribution >= 0.6 is 0 Å². The first-order chi connectivity index (χ1) is 12.9. The second-order valence-electron chi connectivity index (χ2n) is 6.38. The molecule has 140 valence electrons. The van der Waals surface area contributed by atoms with Gasteiger partial charge in [-0.3, -0.25) is 9.67 Å². The molecule has 0 saturated carbocycles. The molecule has 1 saturated heterocycles. The normalized spacial score (nSPS) is 17.1. The Morgan fingerprint density at radius 3 is 2.78 bits per heavy atom. The molecule has 1 atom stereocenters. The van der Waals surface area contributed by atoms with Crippen molar-refractivity contribution in [3.05, 3.63) is 48.0 Å². The van der Waals surface area contributed by atoms with Crippen LogP contribution in [-0.4, -0.2) is 45.5 Å². The van der Waals surface area contributed by atoms with Crippen LogP contribution in [0, 0.1) is 5.82 Å². The van der Waals surface area contributed by atoms with Gasteiger partial charge in [0, 0.05) is 18.8 Å². The van der Waals surface area contributed by atoms with E-state index in [1.165, 1.54) is 17.2 Å². The Labute approximate surface area is 152 Å². The fraction of sp³-hybridized carbons (Fsp3) is 0.278. The van der Waals surface area contributed by atoms with Gasteiger partial charge in [-0.25, -0.2) is 18.0 Å². The molecule has 1 aliphatic rings. The van der Waals surface area contributed by atoms with Gasteiger partial charge >= 0.3 is 6.09 Å². The molecule has 6 nitrogen and oxygen atoms in total. The summed E-state index contributed by atoms with van der Waals surface area (Å²) in [5, 5.41) is 4.27. The van der Waals surface area contributed by atoms with E-state index in [2.05, 4.69) is 10.1 Å². The number of cyclic esters (lactones) is 1. The number of aromatic nitrogens is 3. The van der Waals surface area contributed by atoms with Crippen molar-refractivity contribution < 1.29 is 22.7 Å². The van der Waals surface area contributed by atoms with Gasteiger partial charge in [-0.15, -0.1) is 0 Å². The van der Waals surface area contributed by atoms with Crippen LogP contribution in [0.4, 0.5) is 18.0 Å². The van der Waals surface area contributed by atoms with E-state index in [-0.39, 0.29) is 12.2 Å². The van der Waals surface area contributed by atoms with Crippen LogP contribution in [0.25, 0.3) is 22.2 Å². The molecule has 0 radical (unpaired) electrons. The van der Waals surface area contributed by atoms with Crippen molar-refractivity contribution in [2.75, 3.05) is 13.6 Å². The van der Waals surface area contributed by atoms with Gasteiger partial charge in [0.2, 0.25) is 0 Å². The highest BCUT2D eigenvalue weighted by Crippen LogP contribution is 2.29. The van der Waals surface area contributed by atoms with Crippen LogP contribution in [0.15, 0.2) is 36.7 Å². The Morgan fingerprint density at radius 1 is 1.26 bits per heavy atom. The second-order valence-corrected chi connectivity index (χ2v) is 6.38. The molecule has 0 unspecified atom stereocenters. The number of nitrogens with zero attached hydrogens (tertiary/aromatic N) is 4. The van der Waals surface area contributed by atoms with E-state index in [1.807, 2.05) is 0 Å². The van der Waals surface area contributed by atoms with Crippen LogP contribution in [0.2, 0.25) is 0 Å². The maximum atomic E-state index is 13.5. The summed E-state index contributed by atoms with van der Waals surface area (Å²) in [5.41, 5.74) is 1.63. The summed E-state index contributed by atoms with van der Waals surface area (Å²) in [6, 6.07) is 5.32. The van der Waals surface area contributed by atoms with E-state index < -0.39 is 17.8 Å². The first-order valence-electron chi connectivity index (χ1n) is 8.23. The number of hydrogen-bond donors (Lipinski definition) is 0. The van der Waals surface area contributed by atoms with Crippen LogP contribution in [0.3, 0.4) is 0 Å². The number of benzene rings is 1. The highest BCUT2D eigenvalue weighted by atomic mass is 19.3. The third kappa shape index (κ3) is 3.20. The fourth-order valence-corrected chi connectivity index (χ4v) is 3.09. The van der Waals surface area contributed by atoms with Gasteiger partial charge in [-0.2, -0.15) is 5.10 Å². The molecular weight excluding hydrogens is 361 g/mol. The van der Waals surface area contributed by atoms with Crippen molar-refractivity contribution >= 4 is 17.1 Å². The number of amides is 1. The lowest BCUT2D eigenvalue weighted by Gasteiger charge is -2.10. The molecule has 2 aromatic heterocycles. The molecule has 27 heavy (non-hydrogen) atoms. The summed E-state index contributed by atoms with van der Waals surface area (Å²) >= 11 is 0. The fourth-order valence-electron chi connectivity index (χ4n) is 3.09. The molecule has 1 aromatic carbocycles. The number of carbonyl (C=O) groups is 1. The quantitative estimate of drug-likeness (QED) is 0.698. The molecule has 1 fully saturated rings. The number of fused-ring (bicyclic) bond motifs is 1. The van der Waals surface area contributed by atoms with Crippen molar-refractivity contribution in [1.82, 2.24) is 19.7 Å². The summed E-state index contributed by atoms with van der Waals surface area (Å²) in [4.78, 5) is 17.3. The minimum atomic E-state index is -2.90. The third-order valence-electron chi connectivity index (χ3n) is 4.49. The van der Waals surface area contributed by atoms with E-state index in [4.69, 9.17) is 4.74 Å².